The quantitative estimate of drug-likeness (QED) is 0.704. The van der Waals surface area contributed by atoms with Gasteiger partial charge in [0.15, 0.2) is 5.78 Å². The molecule has 0 unspecified atom stereocenters. The van der Waals surface area contributed by atoms with Crippen molar-refractivity contribution in [1.29, 1.82) is 0 Å². The van der Waals surface area contributed by atoms with E-state index in [1.54, 1.807) is 0 Å². The smallest absolute Gasteiger partial charge is 0.169 e. The summed E-state index contributed by atoms with van der Waals surface area (Å²) < 4.78 is 5.48. The summed E-state index contributed by atoms with van der Waals surface area (Å²) in [7, 11) is 0. The van der Waals surface area contributed by atoms with Crippen LogP contribution in [-0.2, 0) is 0 Å². The Morgan fingerprint density at radius 1 is 1.13 bits per heavy atom. The fourth-order valence-corrected chi connectivity index (χ4v) is 2.02. The number of hydrogen-bond acceptors (Lipinski definition) is 2. The molecule has 15 heavy (non-hydrogen) atoms. The van der Waals surface area contributed by atoms with E-state index in [4.69, 9.17) is 4.42 Å². The van der Waals surface area contributed by atoms with Gasteiger partial charge in [-0.1, -0.05) is 13.8 Å². The lowest BCUT2D eigenvalue weighted by molar-refractivity contribution is 0.0911. The minimum atomic E-state index is 0.138. The van der Waals surface area contributed by atoms with Gasteiger partial charge in [-0.15, -0.1) is 0 Å². The van der Waals surface area contributed by atoms with Crippen LogP contribution in [0.25, 0.3) is 0 Å². The molecule has 0 aliphatic carbocycles. The molecule has 0 N–H and O–H groups in total. The minimum absolute atomic E-state index is 0.138. The highest BCUT2D eigenvalue weighted by molar-refractivity contribution is 6.00. The molecule has 1 rings (SSSR count). The Morgan fingerprint density at radius 2 is 1.67 bits per heavy atom. The molecule has 0 saturated heterocycles. The summed E-state index contributed by atoms with van der Waals surface area (Å²) in [6, 6.07) is 0. The molecule has 0 radical (unpaired) electrons. The summed E-state index contributed by atoms with van der Waals surface area (Å²) in [5, 5.41) is 0. The third kappa shape index (κ3) is 2.14. The van der Waals surface area contributed by atoms with Crippen molar-refractivity contribution in [2.45, 2.75) is 47.5 Å². The van der Waals surface area contributed by atoms with Crippen LogP contribution in [-0.4, -0.2) is 5.78 Å². The van der Waals surface area contributed by atoms with Gasteiger partial charge in [0.25, 0.3) is 0 Å². The first-order chi connectivity index (χ1) is 7.02. The molecule has 0 aromatic carbocycles. The second-order valence-corrected chi connectivity index (χ2v) is 4.09. The van der Waals surface area contributed by atoms with E-state index in [0.29, 0.717) is 0 Å². The van der Waals surface area contributed by atoms with E-state index in [0.717, 1.165) is 35.5 Å². The summed E-state index contributed by atoms with van der Waals surface area (Å²) in [6.07, 6.45) is 1.80. The van der Waals surface area contributed by atoms with Crippen molar-refractivity contribution in [1.82, 2.24) is 0 Å². The Hall–Kier alpha value is -1.05. The van der Waals surface area contributed by atoms with E-state index in [-0.39, 0.29) is 11.7 Å². The molecule has 84 valence electrons. The van der Waals surface area contributed by atoms with Gasteiger partial charge in [0.05, 0.1) is 5.56 Å². The number of hydrogen-bond donors (Lipinski definition) is 0. The van der Waals surface area contributed by atoms with Crippen LogP contribution in [0, 0.1) is 26.7 Å². The van der Waals surface area contributed by atoms with Crippen LogP contribution in [0.2, 0.25) is 0 Å². The predicted octanol–water partition coefficient (Wildman–Crippen LogP) is 3.82. The van der Waals surface area contributed by atoms with Crippen molar-refractivity contribution in [3.8, 4) is 0 Å². The molecule has 0 bridgehead atoms. The zero-order valence-electron chi connectivity index (χ0n) is 10.3. The fourth-order valence-electron chi connectivity index (χ4n) is 2.02. The van der Waals surface area contributed by atoms with Crippen LogP contribution in [0.3, 0.4) is 0 Å². The van der Waals surface area contributed by atoms with Gasteiger partial charge >= 0.3 is 0 Å². The first-order valence-corrected chi connectivity index (χ1v) is 5.63. The molecule has 2 heteroatoms. The van der Waals surface area contributed by atoms with E-state index in [1.165, 1.54) is 0 Å². The molecule has 2 nitrogen and oxygen atoms in total. The second-order valence-electron chi connectivity index (χ2n) is 4.09. The highest BCUT2D eigenvalue weighted by Crippen LogP contribution is 2.25. The molecule has 0 fully saturated rings. The Labute approximate surface area is 91.7 Å². The summed E-state index contributed by atoms with van der Waals surface area (Å²) >= 11 is 0. The molecule has 0 aliphatic heterocycles. The van der Waals surface area contributed by atoms with Gasteiger partial charge in [0, 0.05) is 11.5 Å². The van der Waals surface area contributed by atoms with Crippen LogP contribution in [0.15, 0.2) is 4.42 Å². The Morgan fingerprint density at radius 3 is 2.00 bits per heavy atom. The maximum Gasteiger partial charge on any atom is 0.169 e. The minimum Gasteiger partial charge on any atom is -0.466 e. The molecule has 0 amide bonds. The highest BCUT2D eigenvalue weighted by atomic mass is 16.3. The number of ketones is 1. The number of Topliss-reactive ketones (excluding diaryl/α,β-unsaturated/α-hetero) is 1. The average molecular weight is 208 g/mol. The van der Waals surface area contributed by atoms with Gasteiger partial charge in [-0.3, -0.25) is 4.79 Å². The summed E-state index contributed by atoms with van der Waals surface area (Å²) in [5.74, 6) is 2.01. The van der Waals surface area contributed by atoms with Crippen molar-refractivity contribution in [2.75, 3.05) is 0 Å². The van der Waals surface area contributed by atoms with Gasteiger partial charge in [0.1, 0.15) is 11.5 Å². The van der Waals surface area contributed by atoms with Gasteiger partial charge in [0.2, 0.25) is 0 Å². The topological polar surface area (TPSA) is 30.2 Å². The van der Waals surface area contributed by atoms with Gasteiger partial charge in [-0.2, -0.15) is 0 Å². The summed E-state index contributed by atoms with van der Waals surface area (Å²) in [4.78, 5) is 12.2. The van der Waals surface area contributed by atoms with E-state index in [9.17, 15) is 4.79 Å². The van der Waals surface area contributed by atoms with Crippen molar-refractivity contribution in [2.24, 2.45) is 5.92 Å². The first kappa shape index (κ1) is 12.0. The average Bonchev–Trinajstić information content (AvgIpc) is 2.43. The van der Waals surface area contributed by atoms with Crippen LogP contribution in [0.4, 0.5) is 0 Å². The number of carbonyl (C=O) groups is 1. The largest absolute Gasteiger partial charge is 0.466 e. The van der Waals surface area contributed by atoms with Gasteiger partial charge in [-0.25, -0.2) is 0 Å². The molecule has 1 heterocycles. The fraction of sp³-hybridized carbons (Fsp3) is 0.615. The van der Waals surface area contributed by atoms with Crippen LogP contribution in [0.1, 0.15) is 54.1 Å². The van der Waals surface area contributed by atoms with Crippen molar-refractivity contribution < 1.29 is 9.21 Å². The number of furan rings is 1. The zero-order chi connectivity index (χ0) is 11.6. The Bertz CT molecular complexity index is 357. The van der Waals surface area contributed by atoms with Crippen LogP contribution >= 0.6 is 0 Å². The van der Waals surface area contributed by atoms with Crippen molar-refractivity contribution >= 4 is 5.78 Å². The van der Waals surface area contributed by atoms with E-state index in [2.05, 4.69) is 13.8 Å². The number of carbonyl (C=O) groups excluding carboxylic acids is 1. The molecular weight excluding hydrogens is 188 g/mol. The summed E-state index contributed by atoms with van der Waals surface area (Å²) in [5.41, 5.74) is 1.81. The van der Waals surface area contributed by atoms with Gasteiger partial charge < -0.3 is 4.42 Å². The SMILES string of the molecule is CCC(CC)C(=O)c1c(C)oc(C)c1C. The maximum atomic E-state index is 12.2. The predicted molar refractivity (Wildman–Crippen MR) is 61.3 cm³/mol. The molecule has 1 aromatic rings. The second kappa shape index (κ2) is 4.65. The molecule has 0 spiro atoms. The van der Waals surface area contributed by atoms with Crippen molar-refractivity contribution in [3.63, 3.8) is 0 Å². The molecule has 0 aliphatic rings. The third-order valence-corrected chi connectivity index (χ3v) is 3.16. The van der Waals surface area contributed by atoms with Crippen molar-refractivity contribution in [3.05, 3.63) is 22.6 Å². The van der Waals surface area contributed by atoms with E-state index >= 15 is 0 Å². The normalized spacial score (nSPS) is 11.1. The molecule has 0 atom stereocenters. The van der Waals surface area contributed by atoms with E-state index in [1.807, 2.05) is 20.8 Å². The highest BCUT2D eigenvalue weighted by Gasteiger charge is 2.23. The lowest BCUT2D eigenvalue weighted by Gasteiger charge is -2.10. The molecule has 0 saturated carbocycles. The first-order valence-electron chi connectivity index (χ1n) is 5.63. The third-order valence-electron chi connectivity index (χ3n) is 3.16. The monoisotopic (exact) mass is 208 g/mol. The van der Waals surface area contributed by atoms with E-state index < -0.39 is 0 Å². The summed E-state index contributed by atoms with van der Waals surface area (Å²) in [6.45, 7) is 9.86. The standard InChI is InChI=1S/C13H20O2/c1-6-11(7-2)13(14)12-8(3)9(4)15-10(12)5/h11H,6-7H2,1-5H3. The lowest BCUT2D eigenvalue weighted by atomic mass is 9.91. The molecular formula is C13H20O2. The van der Waals surface area contributed by atoms with Gasteiger partial charge in [-0.05, 0) is 33.6 Å². The lowest BCUT2D eigenvalue weighted by Crippen LogP contribution is -2.14. The molecule has 1 aromatic heterocycles. The number of rotatable bonds is 4. The Balaban J connectivity index is 3.10. The maximum absolute atomic E-state index is 12.2. The van der Waals surface area contributed by atoms with Crippen LogP contribution < -0.4 is 0 Å². The van der Waals surface area contributed by atoms with Crippen LogP contribution in [0.5, 0.6) is 0 Å². The Kier molecular flexibility index (Phi) is 3.72. The zero-order valence-corrected chi connectivity index (χ0v) is 10.3. The number of aryl methyl sites for hydroxylation is 2.